The smallest absolute Gasteiger partial charge is 0.257 e. The van der Waals surface area contributed by atoms with E-state index in [-0.39, 0.29) is 18.4 Å². The number of carbonyl (C=O) groups is 1. The Morgan fingerprint density at radius 3 is 2.83 bits per heavy atom. The van der Waals surface area contributed by atoms with Crippen LogP contribution in [0.5, 0.6) is 0 Å². The third-order valence-electron chi connectivity index (χ3n) is 4.75. The minimum atomic E-state index is -0.0816. The monoisotopic (exact) mass is 329 g/mol. The first-order valence-electron chi connectivity index (χ1n) is 8.22. The molecule has 1 N–H and O–H groups in total. The zero-order valence-electron chi connectivity index (χ0n) is 14.4. The number of nitrogens with zero attached hydrogens (tertiary/aromatic N) is 5. The van der Waals surface area contributed by atoms with E-state index in [1.807, 2.05) is 25.8 Å². The highest BCUT2D eigenvalue weighted by Gasteiger charge is 2.29. The Kier molecular flexibility index (Phi) is 4.62. The summed E-state index contributed by atoms with van der Waals surface area (Å²) in [6.07, 6.45) is 5.20. The Morgan fingerprint density at radius 1 is 1.38 bits per heavy atom. The summed E-state index contributed by atoms with van der Waals surface area (Å²) >= 11 is 0. The molecule has 7 nitrogen and oxygen atoms in total. The molecular weight excluding hydrogens is 306 g/mol. The average molecular weight is 329 g/mol. The highest BCUT2D eigenvalue weighted by Crippen LogP contribution is 2.29. The standard InChI is InChI=1S/C17H23N5O2/c1-11-15(8-19-21(11)3)17(24)22-6-4-5-13(9-22)16-14(10-23)7-18-12(2)20-16/h7-8,13,23H,4-6,9-10H2,1-3H3. The third kappa shape index (κ3) is 3.03. The van der Waals surface area contributed by atoms with Gasteiger partial charge in [0.15, 0.2) is 0 Å². The Labute approximate surface area is 141 Å². The summed E-state index contributed by atoms with van der Waals surface area (Å²) in [7, 11) is 1.84. The van der Waals surface area contributed by atoms with Gasteiger partial charge in [0.1, 0.15) is 5.82 Å². The van der Waals surface area contributed by atoms with Crippen molar-refractivity contribution in [3.63, 3.8) is 0 Å². The SMILES string of the molecule is Cc1ncc(CO)c(C2CCCN(C(=O)c3cnn(C)c3C)C2)n1. The molecule has 0 bridgehead atoms. The van der Waals surface area contributed by atoms with Crippen LogP contribution in [0.2, 0.25) is 0 Å². The average Bonchev–Trinajstić information content (AvgIpc) is 2.93. The second kappa shape index (κ2) is 6.68. The lowest BCUT2D eigenvalue weighted by Crippen LogP contribution is -2.39. The Morgan fingerprint density at radius 2 is 2.17 bits per heavy atom. The molecule has 1 amide bonds. The lowest BCUT2D eigenvalue weighted by atomic mass is 9.91. The van der Waals surface area contributed by atoms with E-state index >= 15 is 0 Å². The molecule has 2 aromatic rings. The lowest BCUT2D eigenvalue weighted by Gasteiger charge is -2.33. The molecule has 0 radical (unpaired) electrons. The van der Waals surface area contributed by atoms with Crippen molar-refractivity contribution in [1.82, 2.24) is 24.6 Å². The van der Waals surface area contributed by atoms with Gasteiger partial charge < -0.3 is 10.0 Å². The summed E-state index contributed by atoms with van der Waals surface area (Å²) in [5.41, 5.74) is 3.14. The minimum Gasteiger partial charge on any atom is -0.392 e. The third-order valence-corrected chi connectivity index (χ3v) is 4.75. The summed E-state index contributed by atoms with van der Waals surface area (Å²) in [6, 6.07) is 0. The van der Waals surface area contributed by atoms with E-state index in [2.05, 4.69) is 15.1 Å². The summed E-state index contributed by atoms with van der Waals surface area (Å²) < 4.78 is 1.71. The fraction of sp³-hybridized carbons (Fsp3) is 0.529. The molecule has 128 valence electrons. The highest BCUT2D eigenvalue weighted by molar-refractivity contribution is 5.95. The number of likely N-dealkylation sites (tertiary alicyclic amines) is 1. The summed E-state index contributed by atoms with van der Waals surface area (Å²) in [5.74, 6) is 0.832. The maximum Gasteiger partial charge on any atom is 0.257 e. The van der Waals surface area contributed by atoms with Gasteiger partial charge in [0.05, 0.1) is 24.1 Å². The molecule has 0 aliphatic carbocycles. The van der Waals surface area contributed by atoms with Crippen LogP contribution < -0.4 is 0 Å². The predicted molar refractivity (Wildman–Crippen MR) is 88.5 cm³/mol. The molecule has 1 atom stereocenters. The van der Waals surface area contributed by atoms with Gasteiger partial charge in [-0.2, -0.15) is 5.10 Å². The van der Waals surface area contributed by atoms with E-state index in [1.165, 1.54) is 0 Å². The number of piperidine rings is 1. The van der Waals surface area contributed by atoms with Crippen LogP contribution in [0.15, 0.2) is 12.4 Å². The van der Waals surface area contributed by atoms with E-state index in [0.29, 0.717) is 17.9 Å². The van der Waals surface area contributed by atoms with Gasteiger partial charge in [0, 0.05) is 43.5 Å². The number of hydrogen-bond acceptors (Lipinski definition) is 5. The number of aryl methyl sites for hydroxylation is 2. The maximum absolute atomic E-state index is 12.8. The van der Waals surface area contributed by atoms with Gasteiger partial charge in [0.25, 0.3) is 5.91 Å². The molecule has 24 heavy (non-hydrogen) atoms. The number of carbonyl (C=O) groups excluding carboxylic acids is 1. The van der Waals surface area contributed by atoms with Crippen LogP contribution in [0.4, 0.5) is 0 Å². The van der Waals surface area contributed by atoms with Crippen molar-refractivity contribution in [3.8, 4) is 0 Å². The second-order valence-corrected chi connectivity index (χ2v) is 6.34. The van der Waals surface area contributed by atoms with Crippen molar-refractivity contribution in [2.75, 3.05) is 13.1 Å². The molecule has 1 fully saturated rings. The van der Waals surface area contributed by atoms with Crippen LogP contribution in [0, 0.1) is 13.8 Å². The molecule has 2 aromatic heterocycles. The molecule has 1 unspecified atom stereocenters. The molecule has 0 aromatic carbocycles. The van der Waals surface area contributed by atoms with Crippen molar-refractivity contribution in [2.24, 2.45) is 7.05 Å². The summed E-state index contributed by atoms with van der Waals surface area (Å²) in [4.78, 5) is 23.4. The fourth-order valence-electron chi connectivity index (χ4n) is 3.25. The number of amides is 1. The molecule has 3 heterocycles. The van der Waals surface area contributed by atoms with Gasteiger partial charge in [-0.3, -0.25) is 9.48 Å². The topological polar surface area (TPSA) is 84.1 Å². The molecular formula is C17H23N5O2. The van der Waals surface area contributed by atoms with Gasteiger partial charge in [-0.1, -0.05) is 0 Å². The number of aromatic nitrogens is 4. The summed E-state index contributed by atoms with van der Waals surface area (Å²) in [6.45, 7) is 5.01. The zero-order valence-corrected chi connectivity index (χ0v) is 14.4. The number of aliphatic hydroxyl groups is 1. The quantitative estimate of drug-likeness (QED) is 0.918. The first kappa shape index (κ1) is 16.6. The van der Waals surface area contributed by atoms with Crippen molar-refractivity contribution >= 4 is 5.91 Å². The molecule has 1 aliphatic heterocycles. The van der Waals surface area contributed by atoms with Gasteiger partial charge in [-0.25, -0.2) is 9.97 Å². The fourth-order valence-corrected chi connectivity index (χ4v) is 3.25. The van der Waals surface area contributed by atoms with E-state index in [9.17, 15) is 9.90 Å². The Bertz CT molecular complexity index is 755. The van der Waals surface area contributed by atoms with Crippen LogP contribution in [0.25, 0.3) is 0 Å². The van der Waals surface area contributed by atoms with E-state index in [1.54, 1.807) is 17.1 Å². The molecule has 1 aliphatic rings. The van der Waals surface area contributed by atoms with Crippen molar-refractivity contribution in [2.45, 2.75) is 39.2 Å². The normalized spacial score (nSPS) is 18.0. The molecule has 1 saturated heterocycles. The predicted octanol–water partition coefficient (Wildman–Crippen LogP) is 1.34. The van der Waals surface area contributed by atoms with Crippen LogP contribution in [-0.2, 0) is 13.7 Å². The lowest BCUT2D eigenvalue weighted by molar-refractivity contribution is 0.0704. The van der Waals surface area contributed by atoms with Crippen molar-refractivity contribution in [1.29, 1.82) is 0 Å². The van der Waals surface area contributed by atoms with Gasteiger partial charge in [0.2, 0.25) is 0 Å². The van der Waals surface area contributed by atoms with Crippen LogP contribution in [0.1, 0.15) is 51.9 Å². The van der Waals surface area contributed by atoms with Crippen molar-refractivity contribution in [3.05, 3.63) is 40.7 Å². The zero-order chi connectivity index (χ0) is 17.3. The largest absolute Gasteiger partial charge is 0.392 e. The Hall–Kier alpha value is -2.28. The van der Waals surface area contributed by atoms with Crippen LogP contribution in [-0.4, -0.2) is 48.8 Å². The van der Waals surface area contributed by atoms with Gasteiger partial charge >= 0.3 is 0 Å². The number of hydrogen-bond donors (Lipinski definition) is 1. The number of aliphatic hydroxyl groups excluding tert-OH is 1. The molecule has 0 spiro atoms. The van der Waals surface area contributed by atoms with Crippen LogP contribution >= 0.6 is 0 Å². The van der Waals surface area contributed by atoms with Gasteiger partial charge in [-0.15, -0.1) is 0 Å². The highest BCUT2D eigenvalue weighted by atomic mass is 16.3. The van der Waals surface area contributed by atoms with E-state index in [4.69, 9.17) is 0 Å². The summed E-state index contributed by atoms with van der Waals surface area (Å²) in [5, 5.41) is 13.7. The molecule has 3 rings (SSSR count). The van der Waals surface area contributed by atoms with Crippen LogP contribution in [0.3, 0.4) is 0 Å². The first-order valence-corrected chi connectivity index (χ1v) is 8.22. The second-order valence-electron chi connectivity index (χ2n) is 6.34. The molecule has 0 saturated carbocycles. The number of rotatable bonds is 3. The first-order chi connectivity index (χ1) is 11.5. The van der Waals surface area contributed by atoms with Gasteiger partial charge in [-0.05, 0) is 26.7 Å². The minimum absolute atomic E-state index is 0.0154. The van der Waals surface area contributed by atoms with Crippen molar-refractivity contribution < 1.29 is 9.90 Å². The Balaban J connectivity index is 1.83. The van der Waals surface area contributed by atoms with E-state index < -0.39 is 0 Å². The maximum atomic E-state index is 12.8. The van der Waals surface area contributed by atoms with E-state index in [0.717, 1.165) is 36.3 Å². The molecule has 7 heteroatoms.